The highest BCUT2D eigenvalue weighted by Gasteiger charge is 2.42. The van der Waals surface area contributed by atoms with Crippen LogP contribution in [0.3, 0.4) is 0 Å². The van der Waals surface area contributed by atoms with Crippen LogP contribution in [-0.4, -0.2) is 34.2 Å². The Morgan fingerprint density at radius 3 is 2.11 bits per heavy atom. The number of rotatable bonds is 5. The molecule has 108 valence electrons. The van der Waals surface area contributed by atoms with Crippen LogP contribution in [0.1, 0.15) is 57.8 Å². The summed E-state index contributed by atoms with van der Waals surface area (Å²) >= 11 is 0. The van der Waals surface area contributed by atoms with Gasteiger partial charge in [0.25, 0.3) is 0 Å². The number of carbonyl (C=O) groups is 2. The number of nitrogens with one attached hydrogen (secondary N) is 1. The fourth-order valence-corrected chi connectivity index (χ4v) is 3.09. The predicted octanol–water partition coefficient (Wildman–Crippen LogP) is 1.44. The average molecular weight is 269 g/mol. The number of carboxylic acid groups (broad SMARTS) is 1. The van der Waals surface area contributed by atoms with Crippen molar-refractivity contribution in [1.82, 2.24) is 5.32 Å². The van der Waals surface area contributed by atoms with E-state index in [1.54, 1.807) is 0 Å². The maximum atomic E-state index is 11.9. The predicted molar refractivity (Wildman–Crippen MR) is 69.6 cm³/mol. The van der Waals surface area contributed by atoms with E-state index in [4.69, 9.17) is 0 Å². The SMILES string of the molecule is O=C(CC1(C(=O)O)CCCCC1)NCC1(O)CCC1. The Labute approximate surface area is 113 Å². The Hall–Kier alpha value is -1.10. The van der Waals surface area contributed by atoms with Crippen LogP contribution in [0.2, 0.25) is 0 Å². The molecule has 2 rings (SSSR count). The Morgan fingerprint density at radius 2 is 1.63 bits per heavy atom. The minimum absolute atomic E-state index is 0.0401. The van der Waals surface area contributed by atoms with Gasteiger partial charge in [0.1, 0.15) is 0 Å². The highest BCUT2D eigenvalue weighted by atomic mass is 16.4. The van der Waals surface area contributed by atoms with Gasteiger partial charge in [-0.15, -0.1) is 0 Å². The number of carboxylic acids is 1. The summed E-state index contributed by atoms with van der Waals surface area (Å²) in [5.74, 6) is -1.10. The molecule has 2 saturated carbocycles. The summed E-state index contributed by atoms with van der Waals surface area (Å²) in [5.41, 5.74) is -1.64. The summed E-state index contributed by atoms with van der Waals surface area (Å²) in [5, 5.41) is 22.0. The van der Waals surface area contributed by atoms with Crippen LogP contribution in [0, 0.1) is 5.41 Å². The molecule has 0 spiro atoms. The van der Waals surface area contributed by atoms with E-state index < -0.39 is 17.0 Å². The molecule has 0 radical (unpaired) electrons. The van der Waals surface area contributed by atoms with Crippen molar-refractivity contribution in [3.63, 3.8) is 0 Å². The minimum atomic E-state index is -0.884. The van der Waals surface area contributed by atoms with E-state index in [1.165, 1.54) is 0 Å². The van der Waals surface area contributed by atoms with Gasteiger partial charge in [-0.1, -0.05) is 19.3 Å². The van der Waals surface area contributed by atoms with Gasteiger partial charge in [-0.05, 0) is 32.1 Å². The second-order valence-corrected chi connectivity index (χ2v) is 6.18. The monoisotopic (exact) mass is 269 g/mol. The van der Waals surface area contributed by atoms with E-state index in [2.05, 4.69) is 5.32 Å². The maximum Gasteiger partial charge on any atom is 0.310 e. The largest absolute Gasteiger partial charge is 0.481 e. The summed E-state index contributed by atoms with van der Waals surface area (Å²) in [6, 6.07) is 0. The zero-order chi connectivity index (χ0) is 13.9. The van der Waals surface area contributed by atoms with Crippen LogP contribution >= 0.6 is 0 Å². The van der Waals surface area contributed by atoms with E-state index in [0.29, 0.717) is 12.8 Å². The van der Waals surface area contributed by atoms with Crippen molar-refractivity contribution in [3.8, 4) is 0 Å². The zero-order valence-corrected chi connectivity index (χ0v) is 11.3. The molecule has 0 saturated heterocycles. The van der Waals surface area contributed by atoms with Crippen molar-refractivity contribution in [2.24, 2.45) is 5.41 Å². The third-order valence-electron chi connectivity index (χ3n) is 4.66. The van der Waals surface area contributed by atoms with Gasteiger partial charge in [0, 0.05) is 13.0 Å². The first-order valence-electron chi connectivity index (χ1n) is 7.18. The number of amides is 1. The molecule has 3 N–H and O–H groups in total. The summed E-state index contributed by atoms with van der Waals surface area (Å²) in [7, 11) is 0. The fourth-order valence-electron chi connectivity index (χ4n) is 3.09. The standard InChI is InChI=1S/C14H23NO4/c16-11(15-10-14(19)7-4-8-14)9-13(12(17)18)5-2-1-3-6-13/h19H,1-10H2,(H,15,16)(H,17,18). The Morgan fingerprint density at radius 1 is 1.00 bits per heavy atom. The highest BCUT2D eigenvalue weighted by molar-refractivity contribution is 5.85. The van der Waals surface area contributed by atoms with Gasteiger partial charge < -0.3 is 15.5 Å². The lowest BCUT2D eigenvalue weighted by molar-refractivity contribution is -0.154. The molecule has 2 aliphatic carbocycles. The first kappa shape index (κ1) is 14.3. The topological polar surface area (TPSA) is 86.6 Å². The molecule has 0 aromatic heterocycles. The van der Waals surface area contributed by atoms with E-state index in [9.17, 15) is 19.8 Å². The molecule has 0 atom stereocenters. The molecule has 5 nitrogen and oxygen atoms in total. The third kappa shape index (κ3) is 3.26. The molecule has 0 unspecified atom stereocenters. The van der Waals surface area contributed by atoms with E-state index >= 15 is 0 Å². The Bertz CT molecular complexity index is 356. The van der Waals surface area contributed by atoms with E-state index in [1.807, 2.05) is 0 Å². The van der Waals surface area contributed by atoms with E-state index in [0.717, 1.165) is 38.5 Å². The van der Waals surface area contributed by atoms with Crippen molar-refractivity contribution in [2.75, 3.05) is 6.54 Å². The number of aliphatic hydroxyl groups is 1. The van der Waals surface area contributed by atoms with Crippen molar-refractivity contribution >= 4 is 11.9 Å². The fraction of sp³-hybridized carbons (Fsp3) is 0.857. The molecule has 0 heterocycles. The zero-order valence-electron chi connectivity index (χ0n) is 11.3. The van der Waals surface area contributed by atoms with Crippen molar-refractivity contribution in [2.45, 2.75) is 63.4 Å². The molecular weight excluding hydrogens is 246 g/mol. The average Bonchev–Trinajstić information content (AvgIpc) is 2.35. The van der Waals surface area contributed by atoms with Crippen molar-refractivity contribution in [3.05, 3.63) is 0 Å². The molecule has 0 aromatic carbocycles. The summed E-state index contributed by atoms with van der Waals surface area (Å²) in [4.78, 5) is 23.4. The molecule has 19 heavy (non-hydrogen) atoms. The van der Waals surface area contributed by atoms with Gasteiger partial charge in [0.2, 0.25) is 5.91 Å². The molecule has 2 fully saturated rings. The van der Waals surface area contributed by atoms with Gasteiger partial charge >= 0.3 is 5.97 Å². The number of hydrogen-bond donors (Lipinski definition) is 3. The lowest BCUT2D eigenvalue weighted by Crippen LogP contribution is -2.49. The van der Waals surface area contributed by atoms with E-state index in [-0.39, 0.29) is 18.9 Å². The Balaban J connectivity index is 1.86. The smallest absolute Gasteiger partial charge is 0.310 e. The summed E-state index contributed by atoms with van der Waals surface area (Å²) < 4.78 is 0. The molecule has 1 amide bonds. The molecule has 0 aliphatic heterocycles. The number of carbonyl (C=O) groups excluding carboxylic acids is 1. The molecule has 0 bridgehead atoms. The molecule has 5 heteroatoms. The van der Waals surface area contributed by atoms with Gasteiger partial charge in [-0.3, -0.25) is 9.59 Å². The number of hydrogen-bond acceptors (Lipinski definition) is 3. The van der Waals surface area contributed by atoms with Crippen LogP contribution in [0.25, 0.3) is 0 Å². The quantitative estimate of drug-likeness (QED) is 0.705. The van der Waals surface area contributed by atoms with Crippen LogP contribution in [0.4, 0.5) is 0 Å². The van der Waals surface area contributed by atoms with Crippen LogP contribution in [0.15, 0.2) is 0 Å². The second kappa shape index (κ2) is 5.49. The van der Waals surface area contributed by atoms with Crippen LogP contribution < -0.4 is 5.32 Å². The third-order valence-corrected chi connectivity index (χ3v) is 4.66. The van der Waals surface area contributed by atoms with Crippen molar-refractivity contribution in [1.29, 1.82) is 0 Å². The lowest BCUT2D eigenvalue weighted by Gasteiger charge is -2.37. The lowest BCUT2D eigenvalue weighted by atomic mass is 9.71. The number of aliphatic carboxylic acids is 1. The van der Waals surface area contributed by atoms with Crippen molar-refractivity contribution < 1.29 is 19.8 Å². The molecule has 2 aliphatic rings. The minimum Gasteiger partial charge on any atom is -0.481 e. The van der Waals surface area contributed by atoms with Gasteiger partial charge in [-0.2, -0.15) is 0 Å². The summed E-state index contributed by atoms with van der Waals surface area (Å²) in [6.45, 7) is 0.252. The van der Waals surface area contributed by atoms with Gasteiger partial charge in [-0.25, -0.2) is 0 Å². The highest BCUT2D eigenvalue weighted by Crippen LogP contribution is 2.39. The second-order valence-electron chi connectivity index (χ2n) is 6.18. The van der Waals surface area contributed by atoms with Crippen LogP contribution in [0.5, 0.6) is 0 Å². The first-order valence-corrected chi connectivity index (χ1v) is 7.18. The molecular formula is C14H23NO4. The summed E-state index contributed by atoms with van der Waals surface area (Å²) in [6.07, 6.45) is 6.45. The maximum absolute atomic E-state index is 11.9. The van der Waals surface area contributed by atoms with Gasteiger partial charge in [0.15, 0.2) is 0 Å². The van der Waals surface area contributed by atoms with Crippen LogP contribution in [-0.2, 0) is 9.59 Å². The first-order chi connectivity index (χ1) is 8.96. The van der Waals surface area contributed by atoms with Gasteiger partial charge in [0.05, 0.1) is 11.0 Å². The normalized spacial score (nSPS) is 24.3. The Kier molecular flexibility index (Phi) is 4.13. The molecule has 0 aromatic rings.